The van der Waals surface area contributed by atoms with Crippen LogP contribution >= 0.6 is 0 Å². The topological polar surface area (TPSA) is 41.6 Å². The molecule has 0 saturated carbocycles. The minimum absolute atomic E-state index is 0.858. The maximum absolute atomic E-state index is 4.25. The zero-order chi connectivity index (χ0) is 9.97. The van der Waals surface area contributed by atoms with Crippen LogP contribution in [0.15, 0.2) is 37.3 Å². The maximum atomic E-state index is 4.25. The molecular weight excluding hydrogens is 174 g/mol. The molecule has 3 nitrogen and oxygen atoms in total. The summed E-state index contributed by atoms with van der Waals surface area (Å²) in [7, 11) is 0. The number of H-pyrrole nitrogens is 1. The number of rotatable bonds is 2. The van der Waals surface area contributed by atoms with E-state index in [2.05, 4.69) is 21.5 Å². The van der Waals surface area contributed by atoms with Gasteiger partial charge in [-0.05, 0) is 18.6 Å². The summed E-state index contributed by atoms with van der Waals surface area (Å²) in [5.74, 6) is 0. The van der Waals surface area contributed by atoms with Gasteiger partial charge in [-0.15, -0.1) is 0 Å². The van der Waals surface area contributed by atoms with Crippen molar-refractivity contribution >= 4 is 16.6 Å². The molecule has 2 aromatic rings. The molecule has 3 heteroatoms. The van der Waals surface area contributed by atoms with Crippen molar-refractivity contribution in [3.8, 4) is 0 Å². The minimum atomic E-state index is 0.858. The standard InChI is InChI=1S/C11H11N3/c1-3-8(4-2)10-9-5-6-12-11(9)14-7-13-10/h3-7H,1H2,2H3,(H,12,13,14)/b8-4+. The van der Waals surface area contributed by atoms with Crippen molar-refractivity contribution in [1.29, 1.82) is 0 Å². The highest BCUT2D eigenvalue weighted by molar-refractivity contribution is 5.90. The summed E-state index contributed by atoms with van der Waals surface area (Å²) in [6.07, 6.45) is 7.21. The van der Waals surface area contributed by atoms with Crippen LogP contribution in [0.5, 0.6) is 0 Å². The molecule has 0 aliphatic carbocycles. The van der Waals surface area contributed by atoms with Gasteiger partial charge in [0.1, 0.15) is 12.0 Å². The van der Waals surface area contributed by atoms with E-state index >= 15 is 0 Å². The first kappa shape index (κ1) is 8.69. The van der Waals surface area contributed by atoms with Crippen LogP contribution in [-0.4, -0.2) is 15.0 Å². The van der Waals surface area contributed by atoms with Gasteiger partial charge in [-0.3, -0.25) is 0 Å². The van der Waals surface area contributed by atoms with Gasteiger partial charge in [-0.2, -0.15) is 0 Å². The molecule has 2 rings (SSSR count). The van der Waals surface area contributed by atoms with E-state index in [0.717, 1.165) is 22.3 Å². The molecule has 0 spiro atoms. The molecule has 70 valence electrons. The Morgan fingerprint density at radius 1 is 1.50 bits per heavy atom. The van der Waals surface area contributed by atoms with E-state index in [4.69, 9.17) is 0 Å². The van der Waals surface area contributed by atoms with Crippen LogP contribution < -0.4 is 0 Å². The van der Waals surface area contributed by atoms with Crippen molar-refractivity contribution in [3.63, 3.8) is 0 Å². The lowest BCUT2D eigenvalue weighted by Gasteiger charge is -2.01. The van der Waals surface area contributed by atoms with Crippen molar-refractivity contribution in [2.24, 2.45) is 0 Å². The summed E-state index contributed by atoms with van der Waals surface area (Å²) in [5.41, 5.74) is 2.81. The van der Waals surface area contributed by atoms with Crippen LogP contribution in [0, 0.1) is 0 Å². The summed E-state index contributed by atoms with van der Waals surface area (Å²) < 4.78 is 0. The predicted molar refractivity (Wildman–Crippen MR) is 57.7 cm³/mol. The number of aromatic nitrogens is 3. The van der Waals surface area contributed by atoms with E-state index in [9.17, 15) is 0 Å². The van der Waals surface area contributed by atoms with Gasteiger partial charge in [0.15, 0.2) is 0 Å². The van der Waals surface area contributed by atoms with Gasteiger partial charge in [0.25, 0.3) is 0 Å². The van der Waals surface area contributed by atoms with Gasteiger partial charge < -0.3 is 4.98 Å². The molecule has 0 aromatic carbocycles. The molecule has 0 saturated heterocycles. The largest absolute Gasteiger partial charge is 0.346 e. The van der Waals surface area contributed by atoms with E-state index < -0.39 is 0 Å². The zero-order valence-corrected chi connectivity index (χ0v) is 7.99. The van der Waals surface area contributed by atoms with Crippen molar-refractivity contribution < 1.29 is 0 Å². The van der Waals surface area contributed by atoms with Gasteiger partial charge in [0.2, 0.25) is 0 Å². The van der Waals surface area contributed by atoms with Crippen LogP contribution in [-0.2, 0) is 0 Å². The summed E-state index contributed by atoms with van der Waals surface area (Å²) in [4.78, 5) is 11.4. The van der Waals surface area contributed by atoms with Crippen LogP contribution in [0.2, 0.25) is 0 Å². The highest BCUT2D eigenvalue weighted by Gasteiger charge is 2.05. The molecule has 0 atom stereocenters. The van der Waals surface area contributed by atoms with Gasteiger partial charge in [-0.1, -0.05) is 18.7 Å². The fraction of sp³-hybridized carbons (Fsp3) is 0.0909. The molecule has 2 heterocycles. The molecule has 2 aromatic heterocycles. The summed E-state index contributed by atoms with van der Waals surface area (Å²) >= 11 is 0. The van der Waals surface area contributed by atoms with E-state index in [-0.39, 0.29) is 0 Å². The van der Waals surface area contributed by atoms with E-state index in [1.54, 1.807) is 12.4 Å². The summed E-state index contributed by atoms with van der Waals surface area (Å²) in [6, 6.07) is 1.97. The molecule has 0 amide bonds. The molecule has 0 unspecified atom stereocenters. The molecule has 0 bridgehead atoms. The van der Waals surface area contributed by atoms with Crippen LogP contribution in [0.1, 0.15) is 12.6 Å². The maximum Gasteiger partial charge on any atom is 0.141 e. The fourth-order valence-corrected chi connectivity index (χ4v) is 1.45. The third-order valence-electron chi connectivity index (χ3n) is 2.16. The first-order chi connectivity index (χ1) is 6.86. The SMILES string of the molecule is C=C/C(=C\C)c1ncnc2[nH]ccc12. The number of allylic oxidation sites excluding steroid dienone is 3. The normalized spacial score (nSPS) is 11.9. The number of hydrogen-bond acceptors (Lipinski definition) is 2. The average Bonchev–Trinajstić information content (AvgIpc) is 2.68. The van der Waals surface area contributed by atoms with Crippen molar-refractivity contribution in [1.82, 2.24) is 15.0 Å². The summed E-state index contributed by atoms with van der Waals surface area (Å²) in [5, 5.41) is 1.03. The first-order valence-electron chi connectivity index (χ1n) is 4.44. The Bertz CT molecular complexity index is 494. The smallest absolute Gasteiger partial charge is 0.141 e. The second-order valence-electron chi connectivity index (χ2n) is 2.91. The Morgan fingerprint density at radius 3 is 3.07 bits per heavy atom. The van der Waals surface area contributed by atoms with Gasteiger partial charge in [0.05, 0.1) is 5.69 Å². The van der Waals surface area contributed by atoms with Crippen LogP contribution in [0.4, 0.5) is 0 Å². The molecule has 0 radical (unpaired) electrons. The third-order valence-corrected chi connectivity index (χ3v) is 2.16. The molecule has 14 heavy (non-hydrogen) atoms. The zero-order valence-electron chi connectivity index (χ0n) is 7.99. The lowest BCUT2D eigenvalue weighted by atomic mass is 10.1. The average molecular weight is 185 g/mol. The molecule has 0 fully saturated rings. The highest BCUT2D eigenvalue weighted by Crippen LogP contribution is 2.20. The predicted octanol–water partition coefficient (Wildman–Crippen LogP) is 2.55. The van der Waals surface area contributed by atoms with Crippen molar-refractivity contribution in [3.05, 3.63) is 43.0 Å². The van der Waals surface area contributed by atoms with Crippen LogP contribution in [0.25, 0.3) is 16.6 Å². The van der Waals surface area contributed by atoms with Crippen LogP contribution in [0.3, 0.4) is 0 Å². The number of hydrogen-bond donors (Lipinski definition) is 1. The lowest BCUT2D eigenvalue weighted by molar-refractivity contribution is 1.18. The number of fused-ring (bicyclic) bond motifs is 1. The number of nitrogens with zero attached hydrogens (tertiary/aromatic N) is 2. The van der Waals surface area contributed by atoms with E-state index in [1.807, 2.05) is 25.3 Å². The molecule has 0 aliphatic heterocycles. The fourth-order valence-electron chi connectivity index (χ4n) is 1.45. The minimum Gasteiger partial charge on any atom is -0.346 e. The Labute approximate surface area is 82.2 Å². The highest BCUT2D eigenvalue weighted by atomic mass is 14.9. The lowest BCUT2D eigenvalue weighted by Crippen LogP contribution is -1.89. The van der Waals surface area contributed by atoms with Gasteiger partial charge in [0, 0.05) is 11.6 Å². The first-order valence-corrected chi connectivity index (χ1v) is 4.44. The Hall–Kier alpha value is -1.90. The Kier molecular flexibility index (Phi) is 2.14. The van der Waals surface area contributed by atoms with Gasteiger partial charge >= 0.3 is 0 Å². The van der Waals surface area contributed by atoms with E-state index in [1.165, 1.54) is 0 Å². The number of nitrogens with one attached hydrogen (secondary N) is 1. The molecular formula is C11H11N3. The molecule has 1 N–H and O–H groups in total. The van der Waals surface area contributed by atoms with Crippen molar-refractivity contribution in [2.75, 3.05) is 0 Å². The second-order valence-corrected chi connectivity index (χ2v) is 2.91. The third kappa shape index (κ3) is 1.23. The van der Waals surface area contributed by atoms with Crippen molar-refractivity contribution in [2.45, 2.75) is 6.92 Å². The second kappa shape index (κ2) is 3.46. The quantitative estimate of drug-likeness (QED) is 0.730. The Morgan fingerprint density at radius 2 is 2.36 bits per heavy atom. The monoisotopic (exact) mass is 185 g/mol. The summed E-state index contributed by atoms with van der Waals surface area (Å²) in [6.45, 7) is 5.73. The molecule has 0 aliphatic rings. The Balaban J connectivity index is 2.73. The van der Waals surface area contributed by atoms with Gasteiger partial charge in [-0.25, -0.2) is 9.97 Å². The number of aromatic amines is 1. The van der Waals surface area contributed by atoms with E-state index in [0.29, 0.717) is 0 Å².